The molecule has 21 heavy (non-hydrogen) atoms. The highest BCUT2D eigenvalue weighted by atomic mass is 16.5. The number of likely N-dealkylation sites (tertiary alicyclic amines) is 1. The van der Waals surface area contributed by atoms with Crippen molar-refractivity contribution in [3.8, 4) is 5.75 Å². The Morgan fingerprint density at radius 2 is 1.90 bits per heavy atom. The Kier molecular flexibility index (Phi) is 3.31. The Balaban J connectivity index is 1.53. The van der Waals surface area contributed by atoms with Crippen molar-refractivity contribution in [2.24, 2.45) is 0 Å². The molecule has 1 aromatic rings. The molecule has 0 amide bonds. The first-order chi connectivity index (χ1) is 10.2. The summed E-state index contributed by atoms with van der Waals surface area (Å²) in [6.45, 7) is 5.78. The van der Waals surface area contributed by atoms with Crippen LogP contribution in [0.2, 0.25) is 0 Å². The van der Waals surface area contributed by atoms with Crippen LogP contribution in [0.3, 0.4) is 0 Å². The van der Waals surface area contributed by atoms with Crippen molar-refractivity contribution in [3.63, 3.8) is 0 Å². The number of morpholine rings is 1. The Labute approximate surface area is 126 Å². The van der Waals surface area contributed by atoms with Gasteiger partial charge in [0, 0.05) is 63.3 Å². The normalized spacial score (nSPS) is 24.9. The van der Waals surface area contributed by atoms with E-state index in [9.17, 15) is 0 Å². The summed E-state index contributed by atoms with van der Waals surface area (Å²) in [6, 6.07) is 7.78. The average Bonchev–Trinajstić information content (AvgIpc) is 2.88. The highest BCUT2D eigenvalue weighted by Gasteiger charge is 2.41. The van der Waals surface area contributed by atoms with Crippen LogP contribution in [0.5, 0.6) is 5.75 Å². The zero-order chi connectivity index (χ0) is 14.3. The number of hydrogen-bond acceptors (Lipinski definition) is 4. The topological polar surface area (TPSA) is 24.9 Å². The van der Waals surface area contributed by atoms with Crippen molar-refractivity contribution in [2.75, 3.05) is 51.3 Å². The lowest BCUT2D eigenvalue weighted by atomic mass is 9.87. The lowest BCUT2D eigenvalue weighted by molar-refractivity contribution is 0.0271. The molecule has 2 saturated heterocycles. The molecule has 4 nitrogen and oxygen atoms in total. The second-order valence-corrected chi connectivity index (χ2v) is 6.57. The van der Waals surface area contributed by atoms with E-state index < -0.39 is 0 Å². The molecule has 3 heterocycles. The molecule has 3 aliphatic rings. The molecule has 0 saturated carbocycles. The zero-order valence-electron chi connectivity index (χ0n) is 12.7. The van der Waals surface area contributed by atoms with Crippen LogP contribution < -0.4 is 9.64 Å². The molecule has 0 atom stereocenters. The summed E-state index contributed by atoms with van der Waals surface area (Å²) in [5.74, 6) is 1.08. The van der Waals surface area contributed by atoms with E-state index in [-0.39, 0.29) is 5.60 Å². The predicted octanol–water partition coefficient (Wildman–Crippen LogP) is 1.72. The summed E-state index contributed by atoms with van der Waals surface area (Å²) < 4.78 is 11.8. The van der Waals surface area contributed by atoms with Gasteiger partial charge < -0.3 is 19.3 Å². The fourth-order valence-corrected chi connectivity index (χ4v) is 3.63. The molecule has 0 aromatic heterocycles. The molecule has 1 radical (unpaired) electrons. The van der Waals surface area contributed by atoms with Crippen LogP contribution in [0, 0.1) is 6.07 Å². The minimum atomic E-state index is 0.0479. The number of fused-ring (bicyclic) bond motifs is 1. The molecule has 0 unspecified atom stereocenters. The van der Waals surface area contributed by atoms with E-state index in [1.165, 1.54) is 5.56 Å². The predicted molar refractivity (Wildman–Crippen MR) is 82.1 cm³/mol. The van der Waals surface area contributed by atoms with Gasteiger partial charge in [-0.2, -0.15) is 0 Å². The molecule has 4 rings (SSSR count). The summed E-state index contributed by atoms with van der Waals surface area (Å²) in [4.78, 5) is 4.73. The SMILES string of the molecule is CN1CCC2(CC1)Cc1c[c]c(N3CCOCC3)cc1O2. The number of nitrogens with zero attached hydrogens (tertiary/aromatic N) is 2. The third kappa shape index (κ3) is 2.51. The largest absolute Gasteiger partial charge is 0.486 e. The molecule has 0 N–H and O–H groups in total. The first kappa shape index (κ1) is 13.4. The Morgan fingerprint density at radius 1 is 1.14 bits per heavy atom. The van der Waals surface area contributed by atoms with Gasteiger partial charge in [0.1, 0.15) is 11.4 Å². The van der Waals surface area contributed by atoms with Crippen LogP contribution in [0.4, 0.5) is 5.69 Å². The summed E-state index contributed by atoms with van der Waals surface area (Å²) in [7, 11) is 2.19. The van der Waals surface area contributed by atoms with Gasteiger partial charge in [-0.15, -0.1) is 0 Å². The maximum Gasteiger partial charge on any atom is 0.125 e. The van der Waals surface area contributed by atoms with Crippen LogP contribution in [-0.2, 0) is 11.2 Å². The highest BCUT2D eigenvalue weighted by Crippen LogP contribution is 2.42. The van der Waals surface area contributed by atoms with Crippen molar-refractivity contribution in [1.82, 2.24) is 4.90 Å². The summed E-state index contributed by atoms with van der Waals surface area (Å²) in [5.41, 5.74) is 2.53. The minimum Gasteiger partial charge on any atom is -0.486 e. The van der Waals surface area contributed by atoms with E-state index >= 15 is 0 Å². The number of hydrogen-bond donors (Lipinski definition) is 0. The minimum absolute atomic E-state index is 0.0479. The lowest BCUT2D eigenvalue weighted by Crippen LogP contribution is -2.45. The van der Waals surface area contributed by atoms with E-state index in [2.05, 4.69) is 35.0 Å². The lowest BCUT2D eigenvalue weighted by Gasteiger charge is -2.37. The van der Waals surface area contributed by atoms with Gasteiger partial charge in [0.2, 0.25) is 0 Å². The Bertz CT molecular complexity index is 518. The van der Waals surface area contributed by atoms with E-state index in [1.54, 1.807) is 0 Å². The monoisotopic (exact) mass is 287 g/mol. The summed E-state index contributed by atoms with van der Waals surface area (Å²) >= 11 is 0. The van der Waals surface area contributed by atoms with Crippen LogP contribution in [0.25, 0.3) is 0 Å². The number of rotatable bonds is 1. The zero-order valence-corrected chi connectivity index (χ0v) is 12.7. The Morgan fingerprint density at radius 3 is 2.67 bits per heavy atom. The van der Waals surface area contributed by atoms with Gasteiger partial charge in [-0.3, -0.25) is 0 Å². The second-order valence-electron chi connectivity index (χ2n) is 6.57. The van der Waals surface area contributed by atoms with Crippen molar-refractivity contribution in [2.45, 2.75) is 24.9 Å². The van der Waals surface area contributed by atoms with Crippen molar-refractivity contribution >= 4 is 5.69 Å². The quantitative estimate of drug-likeness (QED) is 0.785. The van der Waals surface area contributed by atoms with Gasteiger partial charge in [-0.1, -0.05) is 0 Å². The Hall–Kier alpha value is -1.26. The molecular formula is C17H23N2O2. The summed E-state index contributed by atoms with van der Waals surface area (Å²) in [5, 5.41) is 0. The van der Waals surface area contributed by atoms with Gasteiger partial charge in [0.25, 0.3) is 0 Å². The number of piperidine rings is 1. The highest BCUT2D eigenvalue weighted by molar-refractivity contribution is 5.55. The van der Waals surface area contributed by atoms with Gasteiger partial charge in [-0.05, 0) is 18.7 Å². The molecule has 3 aliphatic heterocycles. The average molecular weight is 287 g/mol. The summed E-state index contributed by atoms with van der Waals surface area (Å²) in [6.07, 6.45) is 3.31. The van der Waals surface area contributed by atoms with E-state index in [0.717, 1.165) is 70.1 Å². The van der Waals surface area contributed by atoms with Gasteiger partial charge in [-0.25, -0.2) is 0 Å². The fraction of sp³-hybridized carbons (Fsp3) is 0.647. The smallest absolute Gasteiger partial charge is 0.125 e. The van der Waals surface area contributed by atoms with Crippen LogP contribution in [-0.4, -0.2) is 56.9 Å². The van der Waals surface area contributed by atoms with Gasteiger partial charge >= 0.3 is 0 Å². The molecule has 1 spiro atoms. The van der Waals surface area contributed by atoms with E-state index in [0.29, 0.717) is 0 Å². The molecule has 2 fully saturated rings. The standard InChI is InChI=1S/C17H23N2O2/c1-18-6-4-17(5-7-18)13-14-2-3-15(12-16(14)21-17)19-8-10-20-11-9-19/h2,12H,4-11,13H2,1H3. The van der Waals surface area contributed by atoms with Crippen LogP contribution in [0.15, 0.2) is 12.1 Å². The maximum absolute atomic E-state index is 6.41. The van der Waals surface area contributed by atoms with E-state index in [1.807, 2.05) is 0 Å². The van der Waals surface area contributed by atoms with Crippen molar-refractivity contribution in [1.29, 1.82) is 0 Å². The molecule has 0 bridgehead atoms. The third-order valence-electron chi connectivity index (χ3n) is 5.07. The first-order valence-corrected chi connectivity index (χ1v) is 7.99. The number of anilines is 1. The second kappa shape index (κ2) is 5.18. The molecule has 113 valence electrons. The molecular weight excluding hydrogens is 264 g/mol. The number of benzene rings is 1. The van der Waals surface area contributed by atoms with Crippen molar-refractivity contribution < 1.29 is 9.47 Å². The van der Waals surface area contributed by atoms with Crippen LogP contribution >= 0.6 is 0 Å². The molecule has 1 aromatic carbocycles. The van der Waals surface area contributed by atoms with Gasteiger partial charge in [0.15, 0.2) is 0 Å². The molecule has 0 aliphatic carbocycles. The maximum atomic E-state index is 6.41. The fourth-order valence-electron chi connectivity index (χ4n) is 3.63. The first-order valence-electron chi connectivity index (χ1n) is 7.99. The van der Waals surface area contributed by atoms with E-state index in [4.69, 9.17) is 9.47 Å². The third-order valence-corrected chi connectivity index (χ3v) is 5.07. The van der Waals surface area contributed by atoms with Crippen LogP contribution in [0.1, 0.15) is 18.4 Å². The van der Waals surface area contributed by atoms with Crippen molar-refractivity contribution in [3.05, 3.63) is 23.8 Å². The van der Waals surface area contributed by atoms with Gasteiger partial charge in [0.05, 0.1) is 13.2 Å². The molecule has 4 heteroatoms. The number of ether oxygens (including phenoxy) is 2.